The number of nitrogens with one attached hydrogen (secondary N) is 2. The van der Waals surface area contributed by atoms with Crippen LogP contribution in [0.1, 0.15) is 52.4 Å². The molecule has 3 unspecified atom stereocenters. The van der Waals surface area contributed by atoms with Gasteiger partial charge in [0, 0.05) is 11.6 Å². The Morgan fingerprint density at radius 3 is 2.38 bits per heavy atom. The van der Waals surface area contributed by atoms with Gasteiger partial charge in [-0.2, -0.15) is 5.10 Å². The maximum Gasteiger partial charge on any atom is 0.337 e. The lowest BCUT2D eigenvalue weighted by Gasteiger charge is -2.37. The van der Waals surface area contributed by atoms with Crippen LogP contribution < -0.4 is 15.0 Å². The Kier molecular flexibility index (Phi) is 8.91. The molecule has 0 aromatic heterocycles. The molecule has 0 radical (unpaired) electrons. The van der Waals surface area contributed by atoms with Crippen molar-refractivity contribution in [3.8, 4) is 0 Å². The number of carbonyl (C=O) groups excluding carboxylic acids is 2. The molecule has 3 atom stereocenters. The highest BCUT2D eigenvalue weighted by Crippen LogP contribution is 2.50. The van der Waals surface area contributed by atoms with E-state index >= 15 is 0 Å². The Morgan fingerprint density at radius 1 is 0.979 bits per heavy atom. The standard InChI is InChI=1S/C36H33FN4O5S/c1-23(39-40-34(42)22-41(28-18-16-27(37)17-19-28)47(44,45)29-7-4-3-5-8-29)26-15-20-33-32(21-26)30-9-6-10-31(30)35(38-33)24-11-13-25(14-12-24)36(43)46-2/h3-9,11-21,30-31,35,38H,10,22H2,1-2H3,(H,40,42). The first-order chi connectivity index (χ1) is 22.7. The molecule has 0 saturated carbocycles. The van der Waals surface area contributed by atoms with E-state index in [0.717, 1.165) is 45.2 Å². The highest BCUT2D eigenvalue weighted by Gasteiger charge is 2.38. The fraction of sp³-hybridized carbons (Fsp3) is 0.194. The fourth-order valence-corrected chi connectivity index (χ4v) is 7.55. The zero-order valence-electron chi connectivity index (χ0n) is 25.8. The Morgan fingerprint density at radius 2 is 1.68 bits per heavy atom. The van der Waals surface area contributed by atoms with Crippen molar-refractivity contribution in [1.29, 1.82) is 0 Å². The van der Waals surface area contributed by atoms with E-state index in [-0.39, 0.29) is 34.4 Å². The second kappa shape index (κ2) is 13.2. The van der Waals surface area contributed by atoms with Crippen molar-refractivity contribution in [3.63, 3.8) is 0 Å². The van der Waals surface area contributed by atoms with E-state index in [4.69, 9.17) is 4.74 Å². The molecule has 4 aromatic carbocycles. The zero-order chi connectivity index (χ0) is 33.1. The first-order valence-corrected chi connectivity index (χ1v) is 16.5. The summed E-state index contributed by atoms with van der Waals surface area (Å²) in [5.41, 5.74) is 7.66. The maximum absolute atomic E-state index is 13.6. The quantitative estimate of drug-likeness (QED) is 0.0967. The molecule has 0 fully saturated rings. The summed E-state index contributed by atoms with van der Waals surface area (Å²) >= 11 is 0. The van der Waals surface area contributed by atoms with Crippen LogP contribution in [-0.2, 0) is 19.6 Å². The number of hydrogen-bond donors (Lipinski definition) is 2. The number of fused-ring (bicyclic) bond motifs is 3. The van der Waals surface area contributed by atoms with E-state index in [0.29, 0.717) is 11.3 Å². The minimum Gasteiger partial charge on any atom is -0.465 e. The van der Waals surface area contributed by atoms with Crippen LogP contribution in [0, 0.1) is 11.7 Å². The number of ether oxygens (including phenoxy) is 1. The summed E-state index contributed by atoms with van der Waals surface area (Å²) in [5.74, 6) is -1.14. The molecule has 6 rings (SSSR count). The van der Waals surface area contributed by atoms with Gasteiger partial charge in [-0.15, -0.1) is 0 Å². The van der Waals surface area contributed by atoms with Gasteiger partial charge in [0.15, 0.2) is 0 Å². The molecule has 1 amide bonds. The van der Waals surface area contributed by atoms with E-state index in [1.807, 2.05) is 24.3 Å². The van der Waals surface area contributed by atoms with E-state index in [1.54, 1.807) is 37.3 Å². The van der Waals surface area contributed by atoms with Crippen LogP contribution >= 0.6 is 0 Å². The topological polar surface area (TPSA) is 117 Å². The van der Waals surface area contributed by atoms with Crippen LogP contribution in [0.15, 0.2) is 119 Å². The zero-order valence-corrected chi connectivity index (χ0v) is 26.6. The molecule has 1 heterocycles. The van der Waals surface area contributed by atoms with Crippen molar-refractivity contribution in [1.82, 2.24) is 5.43 Å². The second-order valence-corrected chi connectivity index (χ2v) is 13.3. The number of benzene rings is 4. The second-order valence-electron chi connectivity index (χ2n) is 11.4. The number of esters is 1. The van der Waals surface area contributed by atoms with Crippen LogP contribution in [0.25, 0.3) is 0 Å². The molecule has 1 aliphatic carbocycles. The lowest BCUT2D eigenvalue weighted by atomic mass is 9.76. The Balaban J connectivity index is 1.20. The first-order valence-electron chi connectivity index (χ1n) is 15.1. The van der Waals surface area contributed by atoms with E-state index in [2.05, 4.69) is 34.1 Å². The highest BCUT2D eigenvalue weighted by molar-refractivity contribution is 7.92. The lowest BCUT2D eigenvalue weighted by molar-refractivity contribution is -0.119. The molecule has 0 bridgehead atoms. The first kappa shape index (κ1) is 31.7. The number of anilines is 2. The Hall–Kier alpha value is -5.29. The van der Waals surface area contributed by atoms with Crippen LogP contribution in [0.2, 0.25) is 0 Å². The Labute approximate surface area is 272 Å². The average molecular weight is 653 g/mol. The summed E-state index contributed by atoms with van der Waals surface area (Å²) in [6, 6.07) is 26.1. The summed E-state index contributed by atoms with van der Waals surface area (Å²) in [7, 11) is -2.77. The fourth-order valence-electron chi connectivity index (χ4n) is 6.11. The molecule has 2 aliphatic rings. The van der Waals surface area contributed by atoms with Gasteiger partial charge in [-0.3, -0.25) is 9.10 Å². The molecule has 0 spiro atoms. The molecule has 0 saturated heterocycles. The van der Waals surface area contributed by atoms with Crippen molar-refractivity contribution < 1.29 is 27.1 Å². The lowest BCUT2D eigenvalue weighted by Crippen LogP contribution is -2.39. The monoisotopic (exact) mass is 652 g/mol. The van der Waals surface area contributed by atoms with Crippen molar-refractivity contribution >= 4 is 39.0 Å². The molecule has 4 aromatic rings. The molecule has 9 nitrogen and oxygen atoms in total. The number of carbonyl (C=O) groups is 2. The molecule has 240 valence electrons. The Bertz CT molecular complexity index is 1960. The minimum absolute atomic E-state index is 0.000750. The normalized spacial score (nSPS) is 18.4. The molecule has 1 aliphatic heterocycles. The van der Waals surface area contributed by atoms with Gasteiger partial charge in [0.05, 0.1) is 35.0 Å². The van der Waals surface area contributed by atoms with Gasteiger partial charge in [0.1, 0.15) is 12.4 Å². The third-order valence-electron chi connectivity index (χ3n) is 8.55. The van der Waals surface area contributed by atoms with Gasteiger partial charge in [-0.05, 0) is 96.6 Å². The van der Waals surface area contributed by atoms with Gasteiger partial charge in [-0.25, -0.2) is 23.0 Å². The molecular weight excluding hydrogens is 619 g/mol. The predicted octanol–water partition coefficient (Wildman–Crippen LogP) is 6.17. The van der Waals surface area contributed by atoms with Crippen molar-refractivity contribution in [2.45, 2.75) is 30.2 Å². The van der Waals surface area contributed by atoms with Crippen molar-refractivity contribution in [3.05, 3.63) is 137 Å². The van der Waals surface area contributed by atoms with Gasteiger partial charge < -0.3 is 10.1 Å². The number of halogens is 1. The van der Waals surface area contributed by atoms with Gasteiger partial charge in [0.25, 0.3) is 15.9 Å². The third-order valence-corrected chi connectivity index (χ3v) is 10.3. The summed E-state index contributed by atoms with van der Waals surface area (Å²) in [6.45, 7) is 1.20. The molecule has 11 heteroatoms. The number of sulfonamides is 1. The predicted molar refractivity (Wildman–Crippen MR) is 178 cm³/mol. The number of nitrogens with zero attached hydrogens (tertiary/aromatic N) is 2. The largest absolute Gasteiger partial charge is 0.465 e. The van der Waals surface area contributed by atoms with Crippen LogP contribution in [0.5, 0.6) is 0 Å². The maximum atomic E-state index is 13.6. The molecule has 47 heavy (non-hydrogen) atoms. The number of methoxy groups -OCH3 is 1. The van der Waals surface area contributed by atoms with Crippen LogP contribution in [-0.4, -0.2) is 39.7 Å². The SMILES string of the molecule is COC(=O)c1ccc(C2Nc3ccc(C(C)=NNC(=O)CN(c4ccc(F)cc4)S(=O)(=O)c4ccccc4)cc3C3C=CCC32)cc1. The van der Waals surface area contributed by atoms with E-state index in [9.17, 15) is 22.4 Å². The minimum atomic E-state index is -4.14. The summed E-state index contributed by atoms with van der Waals surface area (Å²) < 4.78 is 46.4. The summed E-state index contributed by atoms with van der Waals surface area (Å²) in [4.78, 5) is 25.0. The van der Waals surface area contributed by atoms with Crippen LogP contribution in [0.4, 0.5) is 15.8 Å². The average Bonchev–Trinajstić information content (AvgIpc) is 3.60. The van der Waals surface area contributed by atoms with Crippen molar-refractivity contribution in [2.24, 2.45) is 11.0 Å². The van der Waals surface area contributed by atoms with E-state index < -0.39 is 28.3 Å². The van der Waals surface area contributed by atoms with Gasteiger partial charge >= 0.3 is 5.97 Å². The highest BCUT2D eigenvalue weighted by atomic mass is 32.2. The third kappa shape index (κ3) is 6.52. The number of allylic oxidation sites excluding steroid dienone is 2. The molecular formula is C36H33FN4O5S. The number of hydrazone groups is 1. The number of hydrogen-bond acceptors (Lipinski definition) is 7. The van der Waals surface area contributed by atoms with E-state index in [1.165, 1.54) is 31.4 Å². The number of rotatable bonds is 9. The van der Waals surface area contributed by atoms with Gasteiger partial charge in [0.2, 0.25) is 0 Å². The van der Waals surface area contributed by atoms with Crippen molar-refractivity contribution in [2.75, 3.05) is 23.3 Å². The summed E-state index contributed by atoms with van der Waals surface area (Å²) in [5, 5.41) is 7.98. The smallest absolute Gasteiger partial charge is 0.337 e. The molecule has 2 N–H and O–H groups in total. The number of amides is 1. The van der Waals surface area contributed by atoms with Crippen LogP contribution in [0.3, 0.4) is 0 Å². The van der Waals surface area contributed by atoms with Gasteiger partial charge in [-0.1, -0.05) is 48.6 Å². The summed E-state index contributed by atoms with van der Waals surface area (Å²) in [6.07, 6.45) is 5.30.